The Bertz CT molecular complexity index is 409. The van der Waals surface area contributed by atoms with Gasteiger partial charge in [-0.25, -0.2) is 4.98 Å². The Kier molecular flexibility index (Phi) is 3.40. The Balaban J connectivity index is 2.45. The van der Waals surface area contributed by atoms with Gasteiger partial charge in [0.15, 0.2) is 5.82 Å². The van der Waals surface area contributed by atoms with E-state index in [-0.39, 0.29) is 0 Å². The molecule has 1 unspecified atom stereocenters. The van der Waals surface area contributed by atoms with Gasteiger partial charge in [0.2, 0.25) is 0 Å². The summed E-state index contributed by atoms with van der Waals surface area (Å²) in [5, 5.41) is 0.830. The molecule has 1 aromatic heterocycles. The van der Waals surface area contributed by atoms with E-state index < -0.39 is 0 Å². The molecule has 0 spiro atoms. The van der Waals surface area contributed by atoms with E-state index in [1.807, 2.05) is 6.20 Å². The molecule has 0 bridgehead atoms. The lowest BCUT2D eigenvalue weighted by atomic mass is 10.1. The van der Waals surface area contributed by atoms with Crippen LogP contribution in [0.1, 0.15) is 31.8 Å². The predicted octanol–water partition coefficient (Wildman–Crippen LogP) is 3.83. The molecule has 0 fully saturated rings. The Morgan fingerprint density at radius 2 is 2.40 bits per heavy atom. The maximum atomic E-state index is 6.29. The Morgan fingerprint density at radius 3 is 3.07 bits per heavy atom. The van der Waals surface area contributed by atoms with E-state index in [1.54, 1.807) is 0 Å². The van der Waals surface area contributed by atoms with Crippen molar-refractivity contribution in [1.29, 1.82) is 0 Å². The standard InChI is InChI=1S/C11H14ClIN2/c1-3-4-8-5-14-11-9(12)10(13)7(2)6-15(8)11/h5,7H,3-4,6H2,1-2H3. The summed E-state index contributed by atoms with van der Waals surface area (Å²) < 4.78 is 3.49. The molecule has 0 saturated carbocycles. The summed E-state index contributed by atoms with van der Waals surface area (Å²) in [6.07, 6.45) is 4.20. The van der Waals surface area contributed by atoms with E-state index in [2.05, 4.69) is 46.0 Å². The molecular formula is C11H14ClIN2. The average Bonchev–Trinajstić information content (AvgIpc) is 2.59. The van der Waals surface area contributed by atoms with E-state index in [4.69, 9.17) is 11.6 Å². The van der Waals surface area contributed by atoms with Crippen LogP contribution in [-0.4, -0.2) is 9.55 Å². The van der Waals surface area contributed by atoms with Crippen LogP contribution in [0.25, 0.3) is 5.03 Å². The normalized spacial score (nSPS) is 20.7. The van der Waals surface area contributed by atoms with Crippen molar-refractivity contribution in [3.63, 3.8) is 0 Å². The SMILES string of the molecule is CCCc1cnc2n1CC(C)C(I)=C2Cl. The number of allylic oxidation sites excluding steroid dienone is 1. The number of fused-ring (bicyclic) bond motifs is 1. The van der Waals surface area contributed by atoms with Gasteiger partial charge < -0.3 is 4.57 Å². The summed E-state index contributed by atoms with van der Waals surface area (Å²) >= 11 is 8.63. The molecule has 1 aliphatic rings. The van der Waals surface area contributed by atoms with E-state index in [1.165, 1.54) is 9.27 Å². The molecule has 1 atom stereocenters. The van der Waals surface area contributed by atoms with E-state index in [0.29, 0.717) is 5.92 Å². The maximum absolute atomic E-state index is 6.29. The van der Waals surface area contributed by atoms with E-state index >= 15 is 0 Å². The van der Waals surface area contributed by atoms with Gasteiger partial charge in [0.25, 0.3) is 0 Å². The molecule has 0 radical (unpaired) electrons. The first-order valence-corrected chi connectivity index (χ1v) is 6.70. The number of nitrogens with zero attached hydrogens (tertiary/aromatic N) is 2. The van der Waals surface area contributed by atoms with Crippen LogP contribution in [0.3, 0.4) is 0 Å². The number of imidazole rings is 1. The molecule has 1 aliphatic heterocycles. The molecule has 1 aromatic rings. The zero-order valence-corrected chi connectivity index (χ0v) is 11.8. The van der Waals surface area contributed by atoms with Crippen LogP contribution < -0.4 is 0 Å². The van der Waals surface area contributed by atoms with Crippen molar-refractivity contribution in [1.82, 2.24) is 9.55 Å². The molecule has 82 valence electrons. The second kappa shape index (κ2) is 4.45. The van der Waals surface area contributed by atoms with Gasteiger partial charge in [0.05, 0.1) is 5.03 Å². The quantitative estimate of drug-likeness (QED) is 0.751. The summed E-state index contributed by atoms with van der Waals surface area (Å²) in [7, 11) is 0. The van der Waals surface area contributed by atoms with Crippen LogP contribution in [0, 0.1) is 5.92 Å². The number of hydrogen-bond acceptors (Lipinski definition) is 1. The number of aryl methyl sites for hydroxylation is 1. The van der Waals surface area contributed by atoms with Crippen molar-refractivity contribution in [2.75, 3.05) is 0 Å². The Hall–Kier alpha value is -0.0300. The maximum Gasteiger partial charge on any atom is 0.152 e. The largest absolute Gasteiger partial charge is 0.327 e. The molecule has 0 saturated heterocycles. The molecule has 0 N–H and O–H groups in total. The fraction of sp³-hybridized carbons (Fsp3) is 0.545. The average molecular weight is 337 g/mol. The molecule has 2 heterocycles. The predicted molar refractivity (Wildman–Crippen MR) is 72.2 cm³/mol. The van der Waals surface area contributed by atoms with Crippen LogP contribution in [0.4, 0.5) is 0 Å². The topological polar surface area (TPSA) is 17.8 Å². The molecule has 15 heavy (non-hydrogen) atoms. The molecule has 2 rings (SSSR count). The summed E-state index contributed by atoms with van der Waals surface area (Å²) in [4.78, 5) is 4.41. The highest BCUT2D eigenvalue weighted by Gasteiger charge is 2.24. The summed E-state index contributed by atoms with van der Waals surface area (Å²) in [6, 6.07) is 0. The summed E-state index contributed by atoms with van der Waals surface area (Å²) in [5.41, 5.74) is 1.31. The minimum atomic E-state index is 0.510. The van der Waals surface area contributed by atoms with Crippen LogP contribution in [0.5, 0.6) is 0 Å². The fourth-order valence-electron chi connectivity index (χ4n) is 1.92. The molecular weight excluding hydrogens is 322 g/mol. The van der Waals surface area contributed by atoms with Crippen molar-refractivity contribution < 1.29 is 0 Å². The molecule has 4 heteroatoms. The second-order valence-corrected chi connectivity index (χ2v) is 5.54. The first-order chi connectivity index (χ1) is 7.15. The van der Waals surface area contributed by atoms with E-state index in [9.17, 15) is 0 Å². The second-order valence-electron chi connectivity index (χ2n) is 4.00. The lowest BCUT2D eigenvalue weighted by Crippen LogP contribution is -2.17. The smallest absolute Gasteiger partial charge is 0.152 e. The zero-order chi connectivity index (χ0) is 11.0. The van der Waals surface area contributed by atoms with Crippen LogP contribution in [0.2, 0.25) is 0 Å². The van der Waals surface area contributed by atoms with Crippen LogP contribution in [-0.2, 0) is 13.0 Å². The number of aromatic nitrogens is 2. The van der Waals surface area contributed by atoms with Gasteiger partial charge in [-0.3, -0.25) is 0 Å². The van der Waals surface area contributed by atoms with Gasteiger partial charge in [0, 0.05) is 27.9 Å². The zero-order valence-electron chi connectivity index (χ0n) is 8.93. The number of halogens is 2. The van der Waals surface area contributed by atoms with Gasteiger partial charge >= 0.3 is 0 Å². The van der Waals surface area contributed by atoms with Gasteiger partial charge in [0.1, 0.15) is 0 Å². The Labute approximate surface area is 109 Å². The molecule has 0 amide bonds. The highest BCUT2D eigenvalue weighted by atomic mass is 127. The van der Waals surface area contributed by atoms with Gasteiger partial charge in [-0.1, -0.05) is 31.9 Å². The van der Waals surface area contributed by atoms with Crippen molar-refractivity contribution in [3.8, 4) is 0 Å². The highest BCUT2D eigenvalue weighted by Crippen LogP contribution is 2.37. The third-order valence-corrected chi connectivity index (χ3v) is 5.03. The van der Waals surface area contributed by atoms with Gasteiger partial charge in [-0.2, -0.15) is 0 Å². The monoisotopic (exact) mass is 336 g/mol. The summed E-state index contributed by atoms with van der Waals surface area (Å²) in [6.45, 7) is 5.41. The molecule has 0 aliphatic carbocycles. The van der Waals surface area contributed by atoms with Gasteiger partial charge in [-0.15, -0.1) is 0 Å². The van der Waals surface area contributed by atoms with Crippen LogP contribution in [0.15, 0.2) is 9.78 Å². The van der Waals surface area contributed by atoms with Crippen molar-refractivity contribution in [3.05, 3.63) is 21.3 Å². The number of hydrogen-bond donors (Lipinski definition) is 0. The number of rotatable bonds is 2. The van der Waals surface area contributed by atoms with E-state index in [0.717, 1.165) is 30.2 Å². The molecule has 0 aromatic carbocycles. The van der Waals surface area contributed by atoms with Crippen molar-refractivity contribution in [2.45, 2.75) is 33.2 Å². The third-order valence-electron chi connectivity index (χ3n) is 2.74. The third kappa shape index (κ3) is 1.96. The highest BCUT2D eigenvalue weighted by molar-refractivity contribution is 14.1. The minimum absolute atomic E-state index is 0.510. The minimum Gasteiger partial charge on any atom is -0.327 e. The summed E-state index contributed by atoms with van der Waals surface area (Å²) in [5.74, 6) is 1.46. The van der Waals surface area contributed by atoms with Crippen molar-refractivity contribution in [2.24, 2.45) is 5.92 Å². The fourth-order valence-corrected chi connectivity index (χ4v) is 2.70. The van der Waals surface area contributed by atoms with Crippen molar-refractivity contribution >= 4 is 39.2 Å². The first-order valence-electron chi connectivity index (χ1n) is 5.25. The Morgan fingerprint density at radius 1 is 1.67 bits per heavy atom. The molecule has 2 nitrogen and oxygen atoms in total. The van der Waals surface area contributed by atoms with Crippen LogP contribution >= 0.6 is 34.2 Å². The lowest BCUT2D eigenvalue weighted by Gasteiger charge is -2.22. The first kappa shape index (κ1) is 11.5. The lowest BCUT2D eigenvalue weighted by molar-refractivity contribution is 0.532. The van der Waals surface area contributed by atoms with Gasteiger partial charge in [-0.05, 0) is 29.0 Å².